The number of piperidine rings is 1. The fraction of sp³-hybridized carbons (Fsp3) is 0.647. The molecule has 7 nitrogen and oxygen atoms in total. The third-order valence-corrected chi connectivity index (χ3v) is 7.32. The third kappa shape index (κ3) is 4.11. The highest BCUT2D eigenvalue weighted by atomic mass is 32.2. The lowest BCUT2D eigenvalue weighted by Gasteiger charge is -2.35. The van der Waals surface area contributed by atoms with Crippen LogP contribution in [0.5, 0.6) is 0 Å². The van der Waals surface area contributed by atoms with E-state index in [0.29, 0.717) is 44.7 Å². The predicted molar refractivity (Wildman–Crippen MR) is 94.7 cm³/mol. The molecule has 0 aromatic carbocycles. The van der Waals surface area contributed by atoms with Crippen molar-refractivity contribution in [3.05, 3.63) is 23.5 Å². The Morgan fingerprint density at radius 2 is 1.96 bits per heavy atom. The summed E-state index contributed by atoms with van der Waals surface area (Å²) in [6.45, 7) is 3.97. The molecule has 2 saturated heterocycles. The van der Waals surface area contributed by atoms with Crippen molar-refractivity contribution in [2.24, 2.45) is 0 Å². The SMILES string of the molecule is Cc1cc(NC2CCN(S(=O)(=O)C3CCOCC3)CC2)c(C#N)cn1. The maximum Gasteiger partial charge on any atom is 0.217 e. The molecule has 1 aromatic rings. The number of nitrogens with zero attached hydrogens (tertiary/aromatic N) is 3. The number of anilines is 1. The molecule has 3 rings (SSSR count). The molecule has 2 aliphatic heterocycles. The number of ether oxygens (including phenoxy) is 1. The van der Waals surface area contributed by atoms with E-state index in [0.717, 1.165) is 24.2 Å². The lowest BCUT2D eigenvalue weighted by atomic mass is 10.1. The molecule has 136 valence electrons. The van der Waals surface area contributed by atoms with E-state index in [1.807, 2.05) is 13.0 Å². The largest absolute Gasteiger partial charge is 0.381 e. The highest BCUT2D eigenvalue weighted by molar-refractivity contribution is 7.89. The Kier molecular flexibility index (Phi) is 5.57. The molecule has 0 unspecified atom stereocenters. The Hall–Kier alpha value is -1.69. The monoisotopic (exact) mass is 364 g/mol. The van der Waals surface area contributed by atoms with E-state index >= 15 is 0 Å². The Bertz CT molecular complexity index is 746. The summed E-state index contributed by atoms with van der Waals surface area (Å²) in [7, 11) is -3.24. The van der Waals surface area contributed by atoms with Crippen molar-refractivity contribution in [2.45, 2.75) is 43.9 Å². The summed E-state index contributed by atoms with van der Waals surface area (Å²) in [6, 6.07) is 4.17. The van der Waals surface area contributed by atoms with Crippen LogP contribution in [0.4, 0.5) is 5.69 Å². The molecule has 1 N–H and O–H groups in total. The maximum absolute atomic E-state index is 12.7. The first-order valence-electron chi connectivity index (χ1n) is 8.70. The van der Waals surface area contributed by atoms with E-state index < -0.39 is 10.0 Å². The topological polar surface area (TPSA) is 95.3 Å². The minimum atomic E-state index is -3.24. The molecule has 3 heterocycles. The number of nitrogens with one attached hydrogen (secondary N) is 1. The van der Waals surface area contributed by atoms with Gasteiger partial charge in [0.05, 0.1) is 16.5 Å². The van der Waals surface area contributed by atoms with Gasteiger partial charge in [-0.2, -0.15) is 5.26 Å². The van der Waals surface area contributed by atoms with E-state index in [1.54, 1.807) is 10.5 Å². The molecule has 0 aliphatic carbocycles. The molecule has 0 radical (unpaired) electrons. The van der Waals surface area contributed by atoms with Crippen LogP contribution in [0.25, 0.3) is 0 Å². The molecule has 0 spiro atoms. The van der Waals surface area contributed by atoms with Crippen LogP contribution in [-0.2, 0) is 14.8 Å². The van der Waals surface area contributed by atoms with Gasteiger partial charge >= 0.3 is 0 Å². The molecular weight excluding hydrogens is 340 g/mol. The van der Waals surface area contributed by atoms with Crippen LogP contribution in [0.2, 0.25) is 0 Å². The smallest absolute Gasteiger partial charge is 0.217 e. The molecule has 1 aromatic heterocycles. The minimum Gasteiger partial charge on any atom is -0.381 e. The molecule has 2 fully saturated rings. The van der Waals surface area contributed by atoms with Crippen LogP contribution in [0, 0.1) is 18.3 Å². The van der Waals surface area contributed by atoms with Gasteiger partial charge < -0.3 is 10.1 Å². The van der Waals surface area contributed by atoms with E-state index in [4.69, 9.17) is 4.74 Å². The van der Waals surface area contributed by atoms with Gasteiger partial charge in [0.15, 0.2) is 0 Å². The summed E-state index contributed by atoms with van der Waals surface area (Å²) >= 11 is 0. The predicted octanol–water partition coefficient (Wildman–Crippen LogP) is 1.65. The number of hydrogen-bond acceptors (Lipinski definition) is 6. The molecule has 25 heavy (non-hydrogen) atoms. The summed E-state index contributed by atoms with van der Waals surface area (Å²) < 4.78 is 32.4. The molecule has 8 heteroatoms. The molecule has 0 amide bonds. The van der Waals surface area contributed by atoms with Crippen LogP contribution in [0.3, 0.4) is 0 Å². The van der Waals surface area contributed by atoms with Gasteiger partial charge in [0.25, 0.3) is 0 Å². The van der Waals surface area contributed by atoms with Gasteiger partial charge in [0.1, 0.15) is 6.07 Å². The van der Waals surface area contributed by atoms with Gasteiger partial charge in [-0.15, -0.1) is 0 Å². The fourth-order valence-corrected chi connectivity index (χ4v) is 5.36. The quantitative estimate of drug-likeness (QED) is 0.873. The fourth-order valence-electron chi connectivity index (χ4n) is 3.43. The van der Waals surface area contributed by atoms with Gasteiger partial charge in [0.2, 0.25) is 10.0 Å². The van der Waals surface area contributed by atoms with Crippen molar-refractivity contribution < 1.29 is 13.2 Å². The maximum atomic E-state index is 12.7. The summed E-state index contributed by atoms with van der Waals surface area (Å²) in [5.74, 6) is 0. The van der Waals surface area contributed by atoms with Crippen molar-refractivity contribution in [1.29, 1.82) is 5.26 Å². The Morgan fingerprint density at radius 3 is 2.60 bits per heavy atom. The van der Waals surface area contributed by atoms with Gasteiger partial charge in [-0.1, -0.05) is 0 Å². The zero-order valence-electron chi connectivity index (χ0n) is 14.4. The van der Waals surface area contributed by atoms with Crippen LogP contribution in [0.1, 0.15) is 36.9 Å². The second-order valence-electron chi connectivity index (χ2n) is 6.66. The summed E-state index contributed by atoms with van der Waals surface area (Å²) in [6.07, 6.45) is 4.20. The summed E-state index contributed by atoms with van der Waals surface area (Å²) in [5, 5.41) is 12.3. The van der Waals surface area contributed by atoms with Crippen LogP contribution >= 0.6 is 0 Å². The van der Waals surface area contributed by atoms with E-state index in [-0.39, 0.29) is 11.3 Å². The van der Waals surface area contributed by atoms with Crippen LogP contribution < -0.4 is 5.32 Å². The standard InChI is InChI=1S/C17H24N4O3S/c1-13-10-17(14(11-18)12-19-13)20-15-2-6-21(7-3-15)25(22,23)16-4-8-24-9-5-16/h10,12,15-16H,2-9H2,1H3,(H,19,20). The van der Waals surface area contributed by atoms with Gasteiger partial charge in [-0.3, -0.25) is 4.98 Å². The van der Waals surface area contributed by atoms with Crippen molar-refractivity contribution >= 4 is 15.7 Å². The molecule has 0 saturated carbocycles. The average molecular weight is 364 g/mol. The Balaban J connectivity index is 1.61. The third-order valence-electron chi connectivity index (χ3n) is 4.92. The number of hydrogen-bond donors (Lipinski definition) is 1. The number of sulfonamides is 1. The first-order valence-corrected chi connectivity index (χ1v) is 10.2. The zero-order valence-corrected chi connectivity index (χ0v) is 15.3. The highest BCUT2D eigenvalue weighted by Crippen LogP contribution is 2.25. The van der Waals surface area contributed by atoms with Crippen molar-refractivity contribution in [3.8, 4) is 6.07 Å². The lowest BCUT2D eigenvalue weighted by molar-refractivity contribution is 0.0969. The normalized spacial score (nSPS) is 21.0. The van der Waals surface area contributed by atoms with Crippen molar-refractivity contribution in [1.82, 2.24) is 9.29 Å². The summed E-state index contributed by atoms with van der Waals surface area (Å²) in [4.78, 5) is 4.14. The molecule has 0 atom stereocenters. The first kappa shape index (κ1) is 18.1. The van der Waals surface area contributed by atoms with Crippen LogP contribution in [-0.4, -0.2) is 55.3 Å². The average Bonchev–Trinajstić information content (AvgIpc) is 2.63. The highest BCUT2D eigenvalue weighted by Gasteiger charge is 2.35. The minimum absolute atomic E-state index is 0.162. The number of aryl methyl sites for hydroxylation is 1. The van der Waals surface area contributed by atoms with Crippen LogP contribution in [0.15, 0.2) is 12.3 Å². The second kappa shape index (κ2) is 7.68. The first-order chi connectivity index (χ1) is 12.0. The Morgan fingerprint density at radius 1 is 1.28 bits per heavy atom. The van der Waals surface area contributed by atoms with Gasteiger partial charge in [0, 0.05) is 44.2 Å². The van der Waals surface area contributed by atoms with Crippen molar-refractivity contribution in [3.63, 3.8) is 0 Å². The van der Waals surface area contributed by atoms with E-state index in [2.05, 4.69) is 16.4 Å². The number of rotatable bonds is 4. The van der Waals surface area contributed by atoms with Crippen molar-refractivity contribution in [2.75, 3.05) is 31.6 Å². The lowest BCUT2D eigenvalue weighted by Crippen LogP contribution is -2.47. The second-order valence-corrected chi connectivity index (χ2v) is 8.87. The molecular formula is C17H24N4O3S. The number of nitriles is 1. The summed E-state index contributed by atoms with van der Waals surface area (Å²) in [5.41, 5.74) is 2.14. The molecule has 0 bridgehead atoms. The Labute approximate surface area is 149 Å². The van der Waals surface area contributed by atoms with E-state index in [1.165, 1.54) is 0 Å². The zero-order chi connectivity index (χ0) is 17.9. The molecule has 2 aliphatic rings. The van der Waals surface area contributed by atoms with E-state index in [9.17, 15) is 13.7 Å². The van der Waals surface area contributed by atoms with Gasteiger partial charge in [-0.25, -0.2) is 12.7 Å². The number of pyridine rings is 1. The number of aromatic nitrogens is 1. The van der Waals surface area contributed by atoms with Gasteiger partial charge in [-0.05, 0) is 38.7 Å².